The largest absolute Gasteiger partial charge is 0.423 e. The summed E-state index contributed by atoms with van der Waals surface area (Å²) in [5.74, 6) is 0.554. The topological polar surface area (TPSA) is 49.6 Å². The van der Waals surface area contributed by atoms with Gasteiger partial charge in [0.2, 0.25) is 5.91 Å². The maximum Gasteiger partial charge on any atom is 0.298 e. The number of amides is 1. The van der Waals surface area contributed by atoms with Crippen LogP contribution in [0.15, 0.2) is 46.9 Å². The molecule has 0 spiro atoms. The maximum absolute atomic E-state index is 13.4. The average Bonchev–Trinajstić information content (AvgIpc) is 3.47. The number of carbonyl (C=O) groups excluding carboxylic acids is 1. The monoisotopic (exact) mass is 393 g/mol. The molecule has 150 valence electrons. The summed E-state index contributed by atoms with van der Waals surface area (Å²) in [7, 11) is 0. The molecule has 1 aliphatic carbocycles. The van der Waals surface area contributed by atoms with E-state index in [1.54, 1.807) is 6.07 Å². The van der Waals surface area contributed by atoms with Gasteiger partial charge in [0.15, 0.2) is 5.58 Å². The predicted octanol–water partition coefficient (Wildman–Crippen LogP) is 4.12. The van der Waals surface area contributed by atoms with Gasteiger partial charge in [-0.25, -0.2) is 4.39 Å². The van der Waals surface area contributed by atoms with E-state index in [2.05, 4.69) is 29.2 Å². The zero-order chi connectivity index (χ0) is 20.0. The Morgan fingerprint density at radius 1 is 1.17 bits per heavy atom. The summed E-state index contributed by atoms with van der Waals surface area (Å²) in [4.78, 5) is 21.2. The van der Waals surface area contributed by atoms with Crippen molar-refractivity contribution in [1.29, 1.82) is 0 Å². The van der Waals surface area contributed by atoms with Gasteiger partial charge in [-0.15, -0.1) is 0 Å². The van der Waals surface area contributed by atoms with Crippen molar-refractivity contribution in [2.45, 2.75) is 38.1 Å². The number of oxazole rings is 1. The highest BCUT2D eigenvalue weighted by atomic mass is 19.1. The normalized spacial score (nSPS) is 19.7. The maximum atomic E-state index is 13.4. The molecule has 0 radical (unpaired) electrons. The molecule has 5 nitrogen and oxygen atoms in total. The van der Waals surface area contributed by atoms with Gasteiger partial charge in [0.25, 0.3) is 6.01 Å². The second kappa shape index (κ2) is 7.17. The summed E-state index contributed by atoms with van der Waals surface area (Å²) in [6, 6.07) is 13.4. The van der Waals surface area contributed by atoms with E-state index in [0.717, 1.165) is 11.5 Å². The zero-order valence-corrected chi connectivity index (χ0v) is 16.5. The highest BCUT2D eigenvalue weighted by Gasteiger charge is 2.30. The molecule has 5 rings (SSSR count). The molecule has 2 aliphatic rings. The molecule has 0 N–H and O–H groups in total. The van der Waals surface area contributed by atoms with Gasteiger partial charge >= 0.3 is 0 Å². The summed E-state index contributed by atoms with van der Waals surface area (Å²) >= 11 is 0. The van der Waals surface area contributed by atoms with Crippen molar-refractivity contribution in [1.82, 2.24) is 9.88 Å². The van der Waals surface area contributed by atoms with Crippen LogP contribution in [0.3, 0.4) is 0 Å². The Morgan fingerprint density at radius 3 is 2.69 bits per heavy atom. The van der Waals surface area contributed by atoms with Gasteiger partial charge in [-0.2, -0.15) is 4.98 Å². The number of aromatic nitrogens is 1. The number of carbonyl (C=O) groups is 1. The molecule has 1 atom stereocenters. The van der Waals surface area contributed by atoms with E-state index < -0.39 is 0 Å². The first kappa shape index (κ1) is 18.2. The van der Waals surface area contributed by atoms with Crippen molar-refractivity contribution in [2.24, 2.45) is 0 Å². The van der Waals surface area contributed by atoms with Crippen LogP contribution in [0.4, 0.5) is 10.4 Å². The molecular formula is C23H24FN3O2. The second-order valence-corrected chi connectivity index (χ2v) is 8.18. The first-order valence-corrected chi connectivity index (χ1v) is 10.3. The van der Waals surface area contributed by atoms with Gasteiger partial charge in [0, 0.05) is 31.7 Å². The lowest BCUT2D eigenvalue weighted by molar-refractivity contribution is -0.132. The van der Waals surface area contributed by atoms with Crippen LogP contribution in [0.5, 0.6) is 0 Å². The van der Waals surface area contributed by atoms with Gasteiger partial charge in [0.1, 0.15) is 11.3 Å². The van der Waals surface area contributed by atoms with Crippen LogP contribution in [0.2, 0.25) is 0 Å². The molecular weight excluding hydrogens is 369 g/mol. The molecule has 3 aromatic rings. The van der Waals surface area contributed by atoms with Crippen LogP contribution in [-0.4, -0.2) is 41.5 Å². The fourth-order valence-electron chi connectivity index (χ4n) is 4.13. The Labute approximate surface area is 169 Å². The standard InChI is InChI=1S/C23H24FN3O2/c1-15-14-26(23-25-20-13-19(24)8-9-21(20)29-23)10-11-27(15)22(28)12-16-2-4-17(5-3-16)18-6-7-18/h2-5,8-9,13,15,18H,6-7,10-12,14H2,1H3. The van der Waals surface area contributed by atoms with Crippen LogP contribution in [0, 0.1) is 5.82 Å². The third-order valence-corrected chi connectivity index (χ3v) is 5.94. The number of piperazine rings is 1. The first-order chi connectivity index (χ1) is 14.1. The number of halogens is 1. The van der Waals surface area contributed by atoms with Crippen LogP contribution in [0.25, 0.3) is 11.1 Å². The molecule has 6 heteroatoms. The molecule has 1 saturated heterocycles. The van der Waals surface area contributed by atoms with E-state index in [1.807, 2.05) is 16.7 Å². The SMILES string of the molecule is CC1CN(c2nc3cc(F)ccc3o2)CCN1C(=O)Cc1ccc(C2CC2)cc1. The summed E-state index contributed by atoms with van der Waals surface area (Å²) < 4.78 is 19.2. The number of nitrogens with zero attached hydrogens (tertiary/aromatic N) is 3. The molecule has 1 aromatic heterocycles. The lowest BCUT2D eigenvalue weighted by atomic mass is 10.0. The lowest BCUT2D eigenvalue weighted by Gasteiger charge is -2.39. The summed E-state index contributed by atoms with van der Waals surface area (Å²) in [6.45, 7) is 3.95. The van der Waals surface area contributed by atoms with Gasteiger partial charge < -0.3 is 14.2 Å². The van der Waals surface area contributed by atoms with E-state index in [0.29, 0.717) is 43.2 Å². The number of hydrogen-bond acceptors (Lipinski definition) is 4. The smallest absolute Gasteiger partial charge is 0.298 e. The number of fused-ring (bicyclic) bond motifs is 1. The molecule has 1 amide bonds. The van der Waals surface area contributed by atoms with Crippen molar-refractivity contribution < 1.29 is 13.6 Å². The van der Waals surface area contributed by atoms with Crippen molar-refractivity contribution in [3.8, 4) is 0 Å². The summed E-state index contributed by atoms with van der Waals surface area (Å²) in [5.41, 5.74) is 3.54. The summed E-state index contributed by atoms with van der Waals surface area (Å²) in [5, 5.41) is 0. The van der Waals surface area contributed by atoms with Crippen LogP contribution < -0.4 is 4.90 Å². The fourth-order valence-corrected chi connectivity index (χ4v) is 4.13. The third-order valence-electron chi connectivity index (χ3n) is 5.94. The Balaban J connectivity index is 1.23. The first-order valence-electron chi connectivity index (χ1n) is 10.3. The van der Waals surface area contributed by atoms with Crippen molar-refractivity contribution in [2.75, 3.05) is 24.5 Å². The van der Waals surface area contributed by atoms with Gasteiger partial charge in [-0.05, 0) is 48.9 Å². The van der Waals surface area contributed by atoms with Crippen LogP contribution in [-0.2, 0) is 11.2 Å². The van der Waals surface area contributed by atoms with Crippen LogP contribution >= 0.6 is 0 Å². The number of hydrogen-bond donors (Lipinski definition) is 0. The second-order valence-electron chi connectivity index (χ2n) is 8.18. The minimum absolute atomic E-state index is 0.0498. The number of anilines is 1. The van der Waals surface area contributed by atoms with Crippen molar-refractivity contribution in [3.05, 3.63) is 59.4 Å². The summed E-state index contributed by atoms with van der Waals surface area (Å²) in [6.07, 6.45) is 3.00. The Bertz CT molecular complexity index is 1040. The highest BCUT2D eigenvalue weighted by molar-refractivity contribution is 5.79. The number of benzene rings is 2. The lowest BCUT2D eigenvalue weighted by Crippen LogP contribution is -2.54. The Morgan fingerprint density at radius 2 is 1.97 bits per heavy atom. The van der Waals surface area contributed by atoms with Crippen LogP contribution in [0.1, 0.15) is 36.8 Å². The van der Waals surface area contributed by atoms with Gasteiger partial charge in [-0.1, -0.05) is 24.3 Å². The number of rotatable bonds is 4. The molecule has 29 heavy (non-hydrogen) atoms. The van der Waals surface area contributed by atoms with E-state index in [4.69, 9.17) is 4.42 Å². The molecule has 1 aliphatic heterocycles. The molecule has 2 heterocycles. The minimum atomic E-state index is -0.328. The van der Waals surface area contributed by atoms with Gasteiger partial charge in [-0.3, -0.25) is 4.79 Å². The van der Waals surface area contributed by atoms with Crippen molar-refractivity contribution >= 4 is 23.0 Å². The van der Waals surface area contributed by atoms with E-state index in [9.17, 15) is 9.18 Å². The molecule has 2 aromatic carbocycles. The van der Waals surface area contributed by atoms with Gasteiger partial charge in [0.05, 0.1) is 6.42 Å². The molecule has 0 bridgehead atoms. The predicted molar refractivity (Wildman–Crippen MR) is 109 cm³/mol. The minimum Gasteiger partial charge on any atom is -0.423 e. The molecule has 2 fully saturated rings. The quantitative estimate of drug-likeness (QED) is 0.669. The van der Waals surface area contributed by atoms with E-state index in [-0.39, 0.29) is 17.8 Å². The van der Waals surface area contributed by atoms with E-state index in [1.165, 1.54) is 30.5 Å². The third kappa shape index (κ3) is 3.71. The highest BCUT2D eigenvalue weighted by Crippen LogP contribution is 2.39. The Kier molecular flexibility index (Phi) is 4.49. The zero-order valence-electron chi connectivity index (χ0n) is 16.5. The van der Waals surface area contributed by atoms with E-state index >= 15 is 0 Å². The Hall–Kier alpha value is -2.89. The van der Waals surface area contributed by atoms with Crippen molar-refractivity contribution in [3.63, 3.8) is 0 Å². The average molecular weight is 393 g/mol. The molecule has 1 unspecified atom stereocenters. The fraction of sp³-hybridized carbons (Fsp3) is 0.391. The molecule has 1 saturated carbocycles.